The van der Waals surface area contributed by atoms with Crippen LogP contribution in [0.25, 0.3) is 0 Å². The molecule has 0 atom stereocenters. The number of carbonyl (C=O) groups excluding carboxylic acids is 1. The average Bonchev–Trinajstić information content (AvgIpc) is 2.48. The van der Waals surface area contributed by atoms with Gasteiger partial charge in [-0.25, -0.2) is 18.6 Å². The van der Waals surface area contributed by atoms with Crippen LogP contribution in [0.5, 0.6) is 0 Å². The van der Waals surface area contributed by atoms with Crippen LogP contribution in [0.3, 0.4) is 0 Å². The van der Waals surface area contributed by atoms with Gasteiger partial charge in [-0.2, -0.15) is 0 Å². The fraction of sp³-hybridized carbons (Fsp3) is 0.250. The molecule has 2 aromatic rings. The molecule has 0 unspecified atom stereocenters. The van der Waals surface area contributed by atoms with Crippen molar-refractivity contribution in [2.75, 3.05) is 5.32 Å². The number of rotatable bonds is 5. The fourth-order valence-corrected chi connectivity index (χ4v) is 1.85. The largest absolute Gasteiger partial charge is 0.459 e. The molecule has 2 rings (SSSR count). The molecule has 0 saturated carbocycles. The molecule has 0 aliphatic heterocycles. The smallest absolute Gasteiger partial charge is 0.342 e. The number of hydrogen-bond acceptors (Lipinski definition) is 4. The minimum absolute atomic E-state index is 0.00254. The highest BCUT2D eigenvalue weighted by atomic mass is 19.1. The molecule has 0 saturated heterocycles. The average molecular weight is 306 g/mol. The molecule has 4 nitrogen and oxygen atoms in total. The van der Waals surface area contributed by atoms with Crippen molar-refractivity contribution >= 4 is 11.8 Å². The van der Waals surface area contributed by atoms with E-state index < -0.39 is 17.6 Å². The Morgan fingerprint density at radius 2 is 2.09 bits per heavy atom. The van der Waals surface area contributed by atoms with Crippen LogP contribution in [0.15, 0.2) is 36.5 Å². The van der Waals surface area contributed by atoms with Gasteiger partial charge in [0.15, 0.2) is 0 Å². The lowest BCUT2D eigenvalue weighted by Gasteiger charge is -2.12. The number of hydrogen-bond donors (Lipinski definition) is 1. The molecule has 0 aliphatic rings. The van der Waals surface area contributed by atoms with Crippen LogP contribution in [0, 0.1) is 11.6 Å². The SMILES string of the molecule is CC(C)OC(=O)c1cccnc1NCc1cc(F)ccc1F. The van der Waals surface area contributed by atoms with Gasteiger partial charge in [0.25, 0.3) is 0 Å². The molecule has 0 aliphatic carbocycles. The summed E-state index contributed by atoms with van der Waals surface area (Å²) in [4.78, 5) is 16.0. The second kappa shape index (κ2) is 6.98. The van der Waals surface area contributed by atoms with Gasteiger partial charge in [-0.05, 0) is 44.2 Å². The van der Waals surface area contributed by atoms with E-state index >= 15 is 0 Å². The molecule has 1 aromatic heterocycles. The van der Waals surface area contributed by atoms with Gasteiger partial charge in [0, 0.05) is 18.3 Å². The topological polar surface area (TPSA) is 51.2 Å². The first kappa shape index (κ1) is 15.9. The zero-order chi connectivity index (χ0) is 16.1. The Balaban J connectivity index is 2.16. The summed E-state index contributed by atoms with van der Waals surface area (Å²) in [5.74, 6) is -1.32. The fourth-order valence-electron chi connectivity index (χ4n) is 1.85. The van der Waals surface area contributed by atoms with Crippen LogP contribution < -0.4 is 5.32 Å². The van der Waals surface area contributed by atoms with Crippen molar-refractivity contribution in [3.63, 3.8) is 0 Å². The first-order valence-corrected chi connectivity index (χ1v) is 6.81. The molecule has 0 spiro atoms. The zero-order valence-corrected chi connectivity index (χ0v) is 12.3. The number of benzene rings is 1. The molecule has 0 amide bonds. The zero-order valence-electron chi connectivity index (χ0n) is 12.3. The van der Waals surface area contributed by atoms with Crippen molar-refractivity contribution in [1.82, 2.24) is 4.98 Å². The monoisotopic (exact) mass is 306 g/mol. The number of aromatic nitrogens is 1. The molecular weight excluding hydrogens is 290 g/mol. The van der Waals surface area contributed by atoms with Gasteiger partial charge in [-0.15, -0.1) is 0 Å². The number of halogens is 2. The predicted molar refractivity (Wildman–Crippen MR) is 78.5 cm³/mol. The summed E-state index contributed by atoms with van der Waals surface area (Å²) in [7, 11) is 0. The second-order valence-corrected chi connectivity index (χ2v) is 4.94. The number of nitrogens with zero attached hydrogens (tertiary/aromatic N) is 1. The van der Waals surface area contributed by atoms with Gasteiger partial charge in [0.1, 0.15) is 23.0 Å². The Hall–Kier alpha value is -2.50. The Labute approximate surface area is 127 Å². The Kier molecular flexibility index (Phi) is 5.04. The Bertz CT molecular complexity index is 675. The molecule has 0 radical (unpaired) electrons. The van der Waals surface area contributed by atoms with E-state index in [9.17, 15) is 13.6 Å². The molecule has 116 valence electrons. The molecule has 0 bridgehead atoms. The van der Waals surface area contributed by atoms with E-state index in [2.05, 4.69) is 10.3 Å². The molecule has 1 N–H and O–H groups in total. The Morgan fingerprint density at radius 1 is 1.32 bits per heavy atom. The number of ether oxygens (including phenoxy) is 1. The molecular formula is C16H16F2N2O2. The van der Waals surface area contributed by atoms with Crippen LogP contribution in [-0.2, 0) is 11.3 Å². The van der Waals surface area contributed by atoms with Crippen molar-refractivity contribution in [2.24, 2.45) is 0 Å². The van der Waals surface area contributed by atoms with Crippen LogP contribution in [-0.4, -0.2) is 17.1 Å². The lowest BCUT2D eigenvalue weighted by Crippen LogP contribution is -2.15. The van der Waals surface area contributed by atoms with Crippen molar-refractivity contribution in [3.8, 4) is 0 Å². The van der Waals surface area contributed by atoms with E-state index in [4.69, 9.17) is 4.74 Å². The number of pyridine rings is 1. The molecule has 0 fully saturated rings. The van der Waals surface area contributed by atoms with Gasteiger partial charge in [0.05, 0.1) is 6.10 Å². The van der Waals surface area contributed by atoms with Crippen LogP contribution in [0.2, 0.25) is 0 Å². The summed E-state index contributed by atoms with van der Waals surface area (Å²) in [5.41, 5.74) is 0.391. The van der Waals surface area contributed by atoms with Crippen molar-refractivity contribution in [3.05, 3.63) is 59.3 Å². The van der Waals surface area contributed by atoms with Gasteiger partial charge in [0.2, 0.25) is 0 Å². The lowest BCUT2D eigenvalue weighted by atomic mass is 10.2. The molecule has 6 heteroatoms. The number of anilines is 1. The summed E-state index contributed by atoms with van der Waals surface area (Å²) < 4.78 is 31.8. The molecule has 1 aromatic carbocycles. The summed E-state index contributed by atoms with van der Waals surface area (Å²) in [5, 5.41) is 2.83. The van der Waals surface area contributed by atoms with E-state index in [0.717, 1.165) is 18.2 Å². The van der Waals surface area contributed by atoms with Crippen LogP contribution in [0.4, 0.5) is 14.6 Å². The highest BCUT2D eigenvalue weighted by molar-refractivity contribution is 5.94. The maximum atomic E-state index is 13.6. The highest BCUT2D eigenvalue weighted by Gasteiger charge is 2.15. The first-order valence-electron chi connectivity index (χ1n) is 6.81. The van der Waals surface area contributed by atoms with E-state index in [0.29, 0.717) is 0 Å². The van der Waals surface area contributed by atoms with Gasteiger partial charge in [-0.3, -0.25) is 0 Å². The molecule has 22 heavy (non-hydrogen) atoms. The van der Waals surface area contributed by atoms with E-state index in [-0.39, 0.29) is 29.6 Å². The maximum absolute atomic E-state index is 13.6. The maximum Gasteiger partial charge on any atom is 0.342 e. The standard InChI is InChI=1S/C16H16F2N2O2/c1-10(2)22-16(21)13-4-3-7-19-15(13)20-9-11-8-12(17)5-6-14(11)18/h3-8,10H,9H2,1-2H3,(H,19,20). The van der Waals surface area contributed by atoms with Crippen molar-refractivity contribution in [1.29, 1.82) is 0 Å². The minimum Gasteiger partial charge on any atom is -0.459 e. The number of carbonyl (C=O) groups is 1. The van der Waals surface area contributed by atoms with E-state index in [1.54, 1.807) is 26.0 Å². The van der Waals surface area contributed by atoms with Crippen LogP contribution in [0.1, 0.15) is 29.8 Å². The quantitative estimate of drug-likeness (QED) is 0.859. The van der Waals surface area contributed by atoms with Gasteiger partial charge >= 0.3 is 5.97 Å². The third-order valence-electron chi connectivity index (χ3n) is 2.82. The number of nitrogens with one attached hydrogen (secondary N) is 1. The van der Waals surface area contributed by atoms with Crippen molar-refractivity contribution < 1.29 is 18.3 Å². The Morgan fingerprint density at radius 3 is 2.82 bits per heavy atom. The number of esters is 1. The third-order valence-corrected chi connectivity index (χ3v) is 2.82. The lowest BCUT2D eigenvalue weighted by molar-refractivity contribution is 0.0378. The summed E-state index contributed by atoms with van der Waals surface area (Å²) in [6.45, 7) is 3.48. The van der Waals surface area contributed by atoms with Gasteiger partial charge < -0.3 is 10.1 Å². The second-order valence-electron chi connectivity index (χ2n) is 4.94. The first-order chi connectivity index (χ1) is 10.5. The minimum atomic E-state index is -0.531. The van der Waals surface area contributed by atoms with E-state index in [1.165, 1.54) is 6.20 Å². The van der Waals surface area contributed by atoms with Crippen LogP contribution >= 0.6 is 0 Å². The summed E-state index contributed by atoms with van der Waals surface area (Å²) in [6.07, 6.45) is 1.23. The molecule has 1 heterocycles. The van der Waals surface area contributed by atoms with Gasteiger partial charge in [-0.1, -0.05) is 0 Å². The van der Waals surface area contributed by atoms with E-state index in [1.807, 2.05) is 0 Å². The summed E-state index contributed by atoms with van der Waals surface area (Å²) in [6, 6.07) is 6.36. The summed E-state index contributed by atoms with van der Waals surface area (Å²) >= 11 is 0. The predicted octanol–water partition coefficient (Wildman–Crippen LogP) is 3.54. The third kappa shape index (κ3) is 4.00. The highest BCUT2D eigenvalue weighted by Crippen LogP contribution is 2.16. The normalized spacial score (nSPS) is 10.6. The van der Waals surface area contributed by atoms with Crippen molar-refractivity contribution in [2.45, 2.75) is 26.5 Å².